The van der Waals surface area contributed by atoms with Crippen molar-refractivity contribution in [2.24, 2.45) is 0 Å². The van der Waals surface area contributed by atoms with Gasteiger partial charge in [0.25, 0.3) is 5.91 Å². The molecule has 0 atom stereocenters. The molecule has 0 aliphatic heterocycles. The van der Waals surface area contributed by atoms with Gasteiger partial charge < -0.3 is 14.8 Å². The van der Waals surface area contributed by atoms with Gasteiger partial charge in [0.2, 0.25) is 0 Å². The monoisotopic (exact) mass is 327 g/mol. The second kappa shape index (κ2) is 8.39. The van der Waals surface area contributed by atoms with E-state index in [1.807, 2.05) is 44.2 Å². The van der Waals surface area contributed by atoms with Crippen LogP contribution >= 0.6 is 0 Å². The van der Waals surface area contributed by atoms with Crippen molar-refractivity contribution in [2.45, 2.75) is 27.2 Å². The van der Waals surface area contributed by atoms with Crippen molar-refractivity contribution in [2.75, 3.05) is 20.3 Å². The van der Waals surface area contributed by atoms with Crippen LogP contribution in [0.5, 0.6) is 11.5 Å². The quantitative estimate of drug-likeness (QED) is 0.848. The van der Waals surface area contributed by atoms with E-state index in [0.717, 1.165) is 34.6 Å². The molecule has 2 aromatic rings. The largest absolute Gasteiger partial charge is 0.497 e. The molecule has 0 fully saturated rings. The number of benzene rings is 2. The summed E-state index contributed by atoms with van der Waals surface area (Å²) >= 11 is 0. The van der Waals surface area contributed by atoms with Gasteiger partial charge in [-0.2, -0.15) is 0 Å². The van der Waals surface area contributed by atoms with Crippen LogP contribution in [0.3, 0.4) is 0 Å². The first-order chi connectivity index (χ1) is 11.5. The molecule has 1 N–H and O–H groups in total. The Kier molecular flexibility index (Phi) is 6.24. The summed E-state index contributed by atoms with van der Waals surface area (Å²) in [4.78, 5) is 11.9. The molecule has 2 rings (SSSR count). The summed E-state index contributed by atoms with van der Waals surface area (Å²) < 4.78 is 10.8. The number of ether oxygens (including phenoxy) is 2. The number of amides is 1. The summed E-state index contributed by atoms with van der Waals surface area (Å²) in [5, 5.41) is 2.88. The SMILES string of the molecule is COc1cccc(CCNC(=O)COc2cc(C)c(C)cc2C)c1. The Morgan fingerprint density at radius 1 is 1.04 bits per heavy atom. The number of hydrogen-bond donors (Lipinski definition) is 1. The van der Waals surface area contributed by atoms with Crippen LogP contribution in [-0.2, 0) is 11.2 Å². The topological polar surface area (TPSA) is 47.6 Å². The molecule has 24 heavy (non-hydrogen) atoms. The lowest BCUT2D eigenvalue weighted by molar-refractivity contribution is -0.123. The Morgan fingerprint density at radius 3 is 2.54 bits per heavy atom. The van der Waals surface area contributed by atoms with E-state index in [1.54, 1.807) is 7.11 Å². The molecular weight excluding hydrogens is 302 g/mol. The number of nitrogens with one attached hydrogen (secondary N) is 1. The van der Waals surface area contributed by atoms with E-state index in [-0.39, 0.29) is 12.5 Å². The molecule has 0 bridgehead atoms. The van der Waals surface area contributed by atoms with Crippen molar-refractivity contribution < 1.29 is 14.3 Å². The highest BCUT2D eigenvalue weighted by Gasteiger charge is 2.06. The molecule has 0 radical (unpaired) electrons. The van der Waals surface area contributed by atoms with Gasteiger partial charge in [-0.3, -0.25) is 4.79 Å². The molecule has 4 nitrogen and oxygen atoms in total. The van der Waals surface area contributed by atoms with Crippen molar-refractivity contribution in [3.63, 3.8) is 0 Å². The first kappa shape index (κ1) is 17.9. The van der Waals surface area contributed by atoms with E-state index in [2.05, 4.69) is 18.3 Å². The molecule has 0 saturated carbocycles. The van der Waals surface area contributed by atoms with Crippen LogP contribution in [0.2, 0.25) is 0 Å². The van der Waals surface area contributed by atoms with Crippen molar-refractivity contribution in [3.05, 3.63) is 58.7 Å². The minimum Gasteiger partial charge on any atom is -0.497 e. The third-order valence-corrected chi connectivity index (χ3v) is 4.02. The number of carbonyl (C=O) groups is 1. The van der Waals surface area contributed by atoms with Gasteiger partial charge in [0.1, 0.15) is 11.5 Å². The molecule has 0 saturated heterocycles. The first-order valence-electron chi connectivity index (χ1n) is 8.10. The molecule has 0 spiro atoms. The van der Waals surface area contributed by atoms with Crippen LogP contribution in [-0.4, -0.2) is 26.2 Å². The lowest BCUT2D eigenvalue weighted by Crippen LogP contribution is -2.30. The number of aryl methyl sites for hydroxylation is 3. The summed E-state index contributed by atoms with van der Waals surface area (Å²) in [6.07, 6.45) is 0.756. The maximum Gasteiger partial charge on any atom is 0.257 e. The second-order valence-electron chi connectivity index (χ2n) is 5.94. The van der Waals surface area contributed by atoms with Gasteiger partial charge in [0.15, 0.2) is 6.61 Å². The fourth-order valence-corrected chi connectivity index (χ4v) is 2.46. The van der Waals surface area contributed by atoms with Crippen LogP contribution in [0.15, 0.2) is 36.4 Å². The fraction of sp³-hybridized carbons (Fsp3) is 0.350. The highest BCUT2D eigenvalue weighted by Crippen LogP contribution is 2.22. The van der Waals surface area contributed by atoms with Gasteiger partial charge in [0.05, 0.1) is 7.11 Å². The number of carbonyl (C=O) groups excluding carboxylic acids is 1. The van der Waals surface area contributed by atoms with Crippen molar-refractivity contribution in [1.82, 2.24) is 5.32 Å². The van der Waals surface area contributed by atoms with E-state index in [9.17, 15) is 4.79 Å². The van der Waals surface area contributed by atoms with E-state index < -0.39 is 0 Å². The Bertz CT molecular complexity index is 710. The zero-order chi connectivity index (χ0) is 17.5. The third-order valence-electron chi connectivity index (χ3n) is 4.02. The summed E-state index contributed by atoms with van der Waals surface area (Å²) in [5.74, 6) is 1.48. The Labute approximate surface area is 143 Å². The highest BCUT2D eigenvalue weighted by atomic mass is 16.5. The fourth-order valence-electron chi connectivity index (χ4n) is 2.46. The first-order valence-corrected chi connectivity index (χ1v) is 8.10. The van der Waals surface area contributed by atoms with E-state index in [4.69, 9.17) is 9.47 Å². The van der Waals surface area contributed by atoms with Gasteiger partial charge in [-0.05, 0) is 67.6 Å². The van der Waals surface area contributed by atoms with E-state index in [1.165, 1.54) is 5.56 Å². The molecule has 0 aliphatic rings. The van der Waals surface area contributed by atoms with Gasteiger partial charge in [-0.15, -0.1) is 0 Å². The smallest absolute Gasteiger partial charge is 0.257 e. The Balaban J connectivity index is 1.78. The molecule has 0 unspecified atom stereocenters. The summed E-state index contributed by atoms with van der Waals surface area (Å²) in [6.45, 7) is 6.69. The van der Waals surface area contributed by atoms with Gasteiger partial charge in [-0.25, -0.2) is 0 Å². The average molecular weight is 327 g/mol. The molecular formula is C20H25NO3. The van der Waals surface area contributed by atoms with Crippen LogP contribution in [0.4, 0.5) is 0 Å². The molecule has 0 heterocycles. The average Bonchev–Trinajstić information content (AvgIpc) is 2.57. The predicted molar refractivity (Wildman–Crippen MR) is 95.9 cm³/mol. The van der Waals surface area contributed by atoms with Crippen molar-refractivity contribution in [1.29, 1.82) is 0 Å². The minimum atomic E-state index is -0.115. The molecule has 0 aromatic heterocycles. The van der Waals surface area contributed by atoms with Gasteiger partial charge >= 0.3 is 0 Å². The number of methoxy groups -OCH3 is 1. The summed E-state index contributed by atoms with van der Waals surface area (Å²) in [7, 11) is 1.65. The van der Waals surface area contributed by atoms with Crippen molar-refractivity contribution in [3.8, 4) is 11.5 Å². The predicted octanol–water partition coefficient (Wildman–Crippen LogP) is 3.36. The van der Waals surface area contributed by atoms with E-state index in [0.29, 0.717) is 6.54 Å². The maximum absolute atomic E-state index is 11.9. The van der Waals surface area contributed by atoms with Gasteiger partial charge in [-0.1, -0.05) is 18.2 Å². The Morgan fingerprint density at radius 2 is 1.79 bits per heavy atom. The van der Waals surface area contributed by atoms with Crippen LogP contribution in [0, 0.1) is 20.8 Å². The van der Waals surface area contributed by atoms with Gasteiger partial charge in [0, 0.05) is 6.54 Å². The lowest BCUT2D eigenvalue weighted by Gasteiger charge is -2.12. The minimum absolute atomic E-state index is 0.0292. The highest BCUT2D eigenvalue weighted by molar-refractivity contribution is 5.77. The molecule has 1 amide bonds. The standard InChI is InChI=1S/C20H25NO3/c1-14-10-16(3)19(11-15(14)2)24-13-20(22)21-9-8-17-6-5-7-18(12-17)23-4/h5-7,10-12H,8-9,13H2,1-4H3,(H,21,22). The summed E-state index contributed by atoms with van der Waals surface area (Å²) in [5.41, 5.74) is 4.56. The zero-order valence-electron chi connectivity index (χ0n) is 14.8. The maximum atomic E-state index is 11.9. The normalized spacial score (nSPS) is 10.3. The van der Waals surface area contributed by atoms with Crippen LogP contribution < -0.4 is 14.8 Å². The molecule has 4 heteroatoms. The second-order valence-corrected chi connectivity index (χ2v) is 5.94. The molecule has 0 aliphatic carbocycles. The molecule has 128 valence electrons. The van der Waals surface area contributed by atoms with Crippen LogP contribution in [0.1, 0.15) is 22.3 Å². The number of hydrogen-bond acceptors (Lipinski definition) is 3. The third kappa shape index (κ3) is 5.01. The number of rotatable bonds is 7. The molecule has 2 aromatic carbocycles. The summed E-state index contributed by atoms with van der Waals surface area (Å²) in [6, 6.07) is 11.9. The van der Waals surface area contributed by atoms with Crippen molar-refractivity contribution >= 4 is 5.91 Å². The zero-order valence-corrected chi connectivity index (χ0v) is 14.8. The van der Waals surface area contributed by atoms with Crippen LogP contribution in [0.25, 0.3) is 0 Å². The Hall–Kier alpha value is -2.49. The van der Waals surface area contributed by atoms with E-state index >= 15 is 0 Å². The lowest BCUT2D eigenvalue weighted by atomic mass is 10.1.